The Morgan fingerprint density at radius 1 is 1.22 bits per heavy atom. The first kappa shape index (κ1) is 14.4. The Labute approximate surface area is 136 Å². The molecule has 1 saturated heterocycles. The molecule has 4 rings (SSSR count). The second-order valence-electron chi connectivity index (χ2n) is 6.32. The van der Waals surface area contributed by atoms with Crippen LogP contribution in [-0.2, 0) is 17.7 Å². The largest absolute Gasteiger partial charge is 0.381 e. The van der Waals surface area contributed by atoms with Gasteiger partial charge < -0.3 is 9.30 Å². The van der Waals surface area contributed by atoms with E-state index in [1.54, 1.807) is 0 Å². The van der Waals surface area contributed by atoms with Crippen LogP contribution in [0.2, 0.25) is 0 Å². The minimum absolute atomic E-state index is 0.572. The smallest absolute Gasteiger partial charge is 0.160 e. The van der Waals surface area contributed by atoms with Crippen molar-refractivity contribution >= 4 is 11.2 Å². The molecule has 1 unspecified atom stereocenters. The SMILES string of the molecule is Cc1ccccc1Cn1c(CC2CCOC2)nc2cccnc21. The number of hydrogen-bond acceptors (Lipinski definition) is 3. The topological polar surface area (TPSA) is 39.9 Å². The Morgan fingerprint density at radius 3 is 2.96 bits per heavy atom. The third kappa shape index (κ3) is 2.86. The third-order valence-corrected chi connectivity index (χ3v) is 4.67. The molecule has 1 aliphatic rings. The van der Waals surface area contributed by atoms with E-state index in [1.807, 2.05) is 18.3 Å². The average molecular weight is 307 g/mol. The molecule has 1 atom stereocenters. The van der Waals surface area contributed by atoms with Crippen molar-refractivity contribution in [3.63, 3.8) is 0 Å². The van der Waals surface area contributed by atoms with Crippen molar-refractivity contribution in [3.05, 3.63) is 59.5 Å². The lowest BCUT2D eigenvalue weighted by molar-refractivity contribution is 0.185. The average Bonchev–Trinajstić information content (AvgIpc) is 3.19. The van der Waals surface area contributed by atoms with Gasteiger partial charge in [0.1, 0.15) is 11.3 Å². The number of aromatic nitrogens is 3. The van der Waals surface area contributed by atoms with Crippen LogP contribution in [0.5, 0.6) is 0 Å². The van der Waals surface area contributed by atoms with Crippen LogP contribution in [0.3, 0.4) is 0 Å². The van der Waals surface area contributed by atoms with Gasteiger partial charge in [-0.15, -0.1) is 0 Å². The maximum Gasteiger partial charge on any atom is 0.160 e. The summed E-state index contributed by atoms with van der Waals surface area (Å²) in [4.78, 5) is 9.42. The molecule has 2 aromatic heterocycles. The van der Waals surface area contributed by atoms with Crippen LogP contribution in [0.4, 0.5) is 0 Å². The Hall–Kier alpha value is -2.20. The lowest BCUT2D eigenvalue weighted by Crippen LogP contribution is -2.12. The summed E-state index contributed by atoms with van der Waals surface area (Å²) in [5.74, 6) is 1.69. The van der Waals surface area contributed by atoms with Gasteiger partial charge in [0.2, 0.25) is 0 Å². The van der Waals surface area contributed by atoms with Crippen LogP contribution < -0.4 is 0 Å². The summed E-state index contributed by atoms with van der Waals surface area (Å²) >= 11 is 0. The molecule has 0 amide bonds. The fourth-order valence-electron chi connectivity index (χ4n) is 3.29. The standard InChI is InChI=1S/C19H21N3O/c1-14-5-2-3-6-16(14)12-22-18(11-15-8-10-23-13-15)21-17-7-4-9-20-19(17)22/h2-7,9,15H,8,10-13H2,1H3. The summed E-state index contributed by atoms with van der Waals surface area (Å²) in [5.41, 5.74) is 4.58. The summed E-state index contributed by atoms with van der Waals surface area (Å²) in [6.07, 6.45) is 3.93. The molecule has 0 radical (unpaired) electrons. The Bertz CT molecular complexity index is 818. The summed E-state index contributed by atoms with van der Waals surface area (Å²) in [7, 11) is 0. The van der Waals surface area contributed by atoms with Gasteiger partial charge in [-0.25, -0.2) is 9.97 Å². The normalized spacial score (nSPS) is 17.9. The summed E-state index contributed by atoms with van der Waals surface area (Å²) < 4.78 is 7.80. The van der Waals surface area contributed by atoms with Crippen molar-refractivity contribution in [2.45, 2.75) is 26.3 Å². The molecule has 0 saturated carbocycles. The molecule has 0 N–H and O–H groups in total. The van der Waals surface area contributed by atoms with Crippen LogP contribution >= 0.6 is 0 Å². The van der Waals surface area contributed by atoms with Gasteiger partial charge in [0.15, 0.2) is 5.65 Å². The van der Waals surface area contributed by atoms with Crippen molar-refractivity contribution in [1.29, 1.82) is 0 Å². The number of nitrogens with zero attached hydrogens (tertiary/aromatic N) is 3. The number of hydrogen-bond donors (Lipinski definition) is 0. The zero-order valence-corrected chi connectivity index (χ0v) is 13.4. The highest BCUT2D eigenvalue weighted by Crippen LogP contribution is 2.22. The molecule has 4 nitrogen and oxygen atoms in total. The summed E-state index contributed by atoms with van der Waals surface area (Å²) in [5, 5.41) is 0. The molecule has 118 valence electrons. The monoisotopic (exact) mass is 307 g/mol. The van der Waals surface area contributed by atoms with Crippen molar-refractivity contribution in [3.8, 4) is 0 Å². The number of aryl methyl sites for hydroxylation is 1. The molecule has 3 aromatic rings. The fourth-order valence-corrected chi connectivity index (χ4v) is 3.29. The zero-order chi connectivity index (χ0) is 15.6. The lowest BCUT2D eigenvalue weighted by atomic mass is 10.0. The quantitative estimate of drug-likeness (QED) is 0.742. The van der Waals surface area contributed by atoms with Gasteiger partial charge in [-0.05, 0) is 42.5 Å². The van der Waals surface area contributed by atoms with Gasteiger partial charge in [0.25, 0.3) is 0 Å². The fraction of sp³-hybridized carbons (Fsp3) is 0.368. The molecule has 0 bridgehead atoms. The molecule has 1 fully saturated rings. The minimum atomic E-state index is 0.572. The van der Waals surface area contributed by atoms with Gasteiger partial charge in [-0.3, -0.25) is 0 Å². The molecular formula is C19H21N3O. The summed E-state index contributed by atoms with van der Waals surface area (Å²) in [6, 6.07) is 12.5. The van der Waals surface area contributed by atoms with E-state index in [0.717, 1.165) is 49.6 Å². The molecule has 0 aliphatic carbocycles. The van der Waals surface area contributed by atoms with E-state index < -0.39 is 0 Å². The first-order valence-electron chi connectivity index (χ1n) is 8.23. The predicted molar refractivity (Wildman–Crippen MR) is 90.4 cm³/mol. The number of rotatable bonds is 4. The second-order valence-corrected chi connectivity index (χ2v) is 6.32. The Kier molecular flexibility index (Phi) is 3.83. The Morgan fingerprint density at radius 2 is 2.13 bits per heavy atom. The minimum Gasteiger partial charge on any atom is -0.381 e. The zero-order valence-electron chi connectivity index (χ0n) is 13.4. The molecule has 1 aromatic carbocycles. The molecular weight excluding hydrogens is 286 g/mol. The van der Waals surface area contributed by atoms with E-state index in [1.165, 1.54) is 11.1 Å². The van der Waals surface area contributed by atoms with Gasteiger partial charge in [-0.1, -0.05) is 24.3 Å². The number of imidazole rings is 1. The van der Waals surface area contributed by atoms with E-state index in [-0.39, 0.29) is 0 Å². The van der Waals surface area contributed by atoms with Crippen molar-refractivity contribution < 1.29 is 4.74 Å². The number of benzene rings is 1. The van der Waals surface area contributed by atoms with E-state index in [9.17, 15) is 0 Å². The van der Waals surface area contributed by atoms with Crippen LogP contribution in [0.1, 0.15) is 23.4 Å². The number of fused-ring (bicyclic) bond motifs is 1. The molecule has 23 heavy (non-hydrogen) atoms. The highest BCUT2D eigenvalue weighted by molar-refractivity contribution is 5.71. The van der Waals surface area contributed by atoms with Gasteiger partial charge >= 0.3 is 0 Å². The van der Waals surface area contributed by atoms with E-state index in [0.29, 0.717) is 5.92 Å². The van der Waals surface area contributed by atoms with Crippen molar-refractivity contribution in [2.75, 3.05) is 13.2 Å². The highest BCUT2D eigenvalue weighted by Gasteiger charge is 2.21. The van der Waals surface area contributed by atoms with E-state index in [4.69, 9.17) is 9.72 Å². The van der Waals surface area contributed by atoms with Gasteiger partial charge in [0, 0.05) is 25.8 Å². The Balaban J connectivity index is 1.74. The number of pyridine rings is 1. The van der Waals surface area contributed by atoms with Crippen molar-refractivity contribution in [2.24, 2.45) is 5.92 Å². The molecule has 4 heteroatoms. The molecule has 0 spiro atoms. The predicted octanol–water partition coefficient (Wildman–Crippen LogP) is 3.37. The maximum absolute atomic E-state index is 5.53. The second kappa shape index (κ2) is 6.13. The van der Waals surface area contributed by atoms with Crippen LogP contribution in [-0.4, -0.2) is 27.7 Å². The van der Waals surface area contributed by atoms with Crippen molar-refractivity contribution in [1.82, 2.24) is 14.5 Å². The van der Waals surface area contributed by atoms with Crippen LogP contribution in [0.15, 0.2) is 42.6 Å². The molecule has 3 heterocycles. The first-order chi connectivity index (χ1) is 11.3. The third-order valence-electron chi connectivity index (χ3n) is 4.67. The first-order valence-corrected chi connectivity index (χ1v) is 8.23. The van der Waals surface area contributed by atoms with Crippen LogP contribution in [0.25, 0.3) is 11.2 Å². The van der Waals surface area contributed by atoms with Crippen LogP contribution in [0, 0.1) is 12.8 Å². The van der Waals surface area contributed by atoms with E-state index >= 15 is 0 Å². The number of ether oxygens (including phenoxy) is 1. The maximum atomic E-state index is 5.53. The molecule has 1 aliphatic heterocycles. The highest BCUT2D eigenvalue weighted by atomic mass is 16.5. The lowest BCUT2D eigenvalue weighted by Gasteiger charge is -2.13. The van der Waals surface area contributed by atoms with E-state index in [2.05, 4.69) is 40.7 Å². The van der Waals surface area contributed by atoms with Gasteiger partial charge in [-0.2, -0.15) is 0 Å². The van der Waals surface area contributed by atoms with Gasteiger partial charge in [0.05, 0.1) is 6.54 Å². The summed E-state index contributed by atoms with van der Waals surface area (Å²) in [6.45, 7) is 4.71.